The summed E-state index contributed by atoms with van der Waals surface area (Å²) in [4.78, 5) is 4.22. The first-order chi connectivity index (χ1) is 13.1. The van der Waals surface area contributed by atoms with Crippen molar-refractivity contribution < 1.29 is 8.42 Å². The smallest absolute Gasteiger partial charge is 0.214 e. The molecule has 1 aromatic heterocycles. The molecule has 1 aliphatic heterocycles. The molecule has 2 aromatic rings. The molecule has 8 nitrogen and oxygen atoms in total. The lowest BCUT2D eigenvalue weighted by molar-refractivity contribution is 0.445. The van der Waals surface area contributed by atoms with Gasteiger partial charge >= 0.3 is 0 Å². The summed E-state index contributed by atoms with van der Waals surface area (Å²) in [6, 6.07) is 10.1. The van der Waals surface area contributed by atoms with E-state index in [9.17, 15) is 8.42 Å². The van der Waals surface area contributed by atoms with Crippen LogP contribution < -0.4 is 10.6 Å². The minimum atomic E-state index is -3.05. The molecule has 28 heavy (non-hydrogen) atoms. The monoisotopic (exact) mass is 518 g/mol. The first-order valence-corrected chi connectivity index (χ1v) is 10.7. The Morgan fingerprint density at radius 1 is 1.21 bits per heavy atom. The number of hydrogen-bond donors (Lipinski definition) is 2. The van der Waals surface area contributed by atoms with Gasteiger partial charge in [-0.2, -0.15) is 5.10 Å². The second-order valence-electron chi connectivity index (χ2n) is 6.39. The molecule has 0 bridgehead atoms. The molecule has 154 valence electrons. The molecule has 1 fully saturated rings. The molecule has 0 radical (unpaired) electrons. The van der Waals surface area contributed by atoms with Crippen LogP contribution in [0.1, 0.15) is 17.5 Å². The van der Waals surface area contributed by atoms with Crippen molar-refractivity contribution >= 4 is 40.0 Å². The van der Waals surface area contributed by atoms with Crippen molar-refractivity contribution in [2.45, 2.75) is 19.5 Å². The van der Waals surface area contributed by atoms with Gasteiger partial charge in [-0.25, -0.2) is 12.7 Å². The third-order valence-electron chi connectivity index (χ3n) is 4.54. The van der Waals surface area contributed by atoms with E-state index in [1.807, 2.05) is 29.1 Å². The first-order valence-electron chi connectivity index (χ1n) is 9.05. The highest BCUT2D eigenvalue weighted by Gasteiger charge is 2.27. The van der Waals surface area contributed by atoms with Gasteiger partial charge in [0.25, 0.3) is 0 Å². The van der Waals surface area contributed by atoms with E-state index in [1.54, 1.807) is 13.2 Å². The molecule has 0 unspecified atom stereocenters. The maximum absolute atomic E-state index is 11.8. The fraction of sp³-hybridized carbons (Fsp3) is 0.444. The summed E-state index contributed by atoms with van der Waals surface area (Å²) in [6.07, 6.45) is 4.42. The number of aromatic nitrogens is 2. The van der Waals surface area contributed by atoms with Crippen LogP contribution >= 0.6 is 24.0 Å². The summed E-state index contributed by atoms with van der Waals surface area (Å²) in [5, 5.41) is 10.7. The number of benzene rings is 1. The minimum absolute atomic E-state index is 0. The maximum atomic E-state index is 11.8. The molecule has 0 saturated carbocycles. The molecule has 0 atom stereocenters. The van der Waals surface area contributed by atoms with Crippen molar-refractivity contribution in [3.05, 3.63) is 53.9 Å². The van der Waals surface area contributed by atoms with Crippen LogP contribution in [0.2, 0.25) is 0 Å². The lowest BCUT2D eigenvalue weighted by Crippen LogP contribution is -2.41. The summed E-state index contributed by atoms with van der Waals surface area (Å²) in [5.41, 5.74) is 2.35. The Hall–Kier alpha value is -1.66. The van der Waals surface area contributed by atoms with E-state index in [2.05, 4.69) is 32.9 Å². The Bertz CT molecular complexity index is 870. The summed E-state index contributed by atoms with van der Waals surface area (Å²) in [5.74, 6) is 0.910. The Morgan fingerprint density at radius 3 is 2.64 bits per heavy atom. The van der Waals surface area contributed by atoms with Gasteiger partial charge in [0.15, 0.2) is 5.96 Å². The van der Waals surface area contributed by atoms with Gasteiger partial charge in [0.2, 0.25) is 10.0 Å². The molecule has 1 aromatic carbocycles. The van der Waals surface area contributed by atoms with Crippen LogP contribution in [0.5, 0.6) is 0 Å². The van der Waals surface area contributed by atoms with Gasteiger partial charge in [0.1, 0.15) is 0 Å². The quantitative estimate of drug-likeness (QED) is 0.327. The summed E-state index contributed by atoms with van der Waals surface area (Å²) in [6.45, 7) is 2.92. The lowest BCUT2D eigenvalue weighted by Gasteiger charge is -2.17. The van der Waals surface area contributed by atoms with Crippen molar-refractivity contribution in [2.24, 2.45) is 4.99 Å². The van der Waals surface area contributed by atoms with E-state index in [1.165, 1.54) is 9.87 Å². The third kappa shape index (κ3) is 6.17. The molecule has 2 heterocycles. The molecule has 1 aliphatic rings. The van der Waals surface area contributed by atoms with Gasteiger partial charge in [0, 0.05) is 45.6 Å². The molecule has 3 rings (SSSR count). The average molecular weight is 518 g/mol. The van der Waals surface area contributed by atoms with Crippen LogP contribution in [0.25, 0.3) is 0 Å². The van der Waals surface area contributed by atoms with E-state index in [0.29, 0.717) is 45.1 Å². The SMILES string of the molecule is CN=C(NCCN1CCCS1(=O)=O)NCc1ccccc1Cn1cccn1.I. The average Bonchev–Trinajstić information content (AvgIpc) is 3.28. The number of rotatable bonds is 7. The second-order valence-corrected chi connectivity index (χ2v) is 8.48. The van der Waals surface area contributed by atoms with Gasteiger partial charge < -0.3 is 10.6 Å². The Balaban J connectivity index is 0.00000280. The fourth-order valence-corrected chi connectivity index (χ4v) is 4.62. The molecular formula is C18H27IN6O2S. The number of aliphatic imine (C=N–C) groups is 1. The van der Waals surface area contributed by atoms with Crippen molar-refractivity contribution in [3.63, 3.8) is 0 Å². The molecule has 1 saturated heterocycles. The normalized spacial score (nSPS) is 16.5. The predicted molar refractivity (Wildman–Crippen MR) is 121 cm³/mol. The standard InChI is InChI=1S/C18H26N6O2S.HI/c1-19-18(20-9-12-24-11-5-13-27(24,25)26)21-14-16-6-2-3-7-17(16)15-23-10-4-8-22-23;/h2-4,6-8,10H,5,9,11-15H2,1H3,(H2,19,20,21);1H. The van der Waals surface area contributed by atoms with E-state index >= 15 is 0 Å². The van der Waals surface area contributed by atoms with Crippen LogP contribution in [0, 0.1) is 0 Å². The minimum Gasteiger partial charge on any atom is -0.355 e. The maximum Gasteiger partial charge on any atom is 0.214 e. The number of guanidine groups is 1. The number of nitrogens with one attached hydrogen (secondary N) is 2. The van der Waals surface area contributed by atoms with Crippen molar-refractivity contribution in [1.29, 1.82) is 0 Å². The lowest BCUT2D eigenvalue weighted by atomic mass is 10.1. The third-order valence-corrected chi connectivity index (χ3v) is 6.49. The Kier molecular flexibility index (Phi) is 8.70. The van der Waals surface area contributed by atoms with E-state index in [-0.39, 0.29) is 29.7 Å². The van der Waals surface area contributed by atoms with Gasteiger partial charge in [-0.1, -0.05) is 24.3 Å². The molecule has 2 N–H and O–H groups in total. The number of hydrogen-bond acceptors (Lipinski definition) is 4. The number of nitrogens with zero attached hydrogens (tertiary/aromatic N) is 4. The number of halogens is 1. The highest BCUT2D eigenvalue weighted by Crippen LogP contribution is 2.12. The molecule has 0 spiro atoms. The van der Waals surface area contributed by atoms with Gasteiger partial charge in [-0.3, -0.25) is 9.67 Å². The van der Waals surface area contributed by atoms with Crippen LogP contribution in [0.15, 0.2) is 47.7 Å². The summed E-state index contributed by atoms with van der Waals surface area (Å²) < 4.78 is 27.1. The second kappa shape index (κ2) is 10.8. The van der Waals surface area contributed by atoms with Crippen LogP contribution in [0.4, 0.5) is 0 Å². The Morgan fingerprint density at radius 2 is 2.00 bits per heavy atom. The Labute approximate surface area is 183 Å². The molecule has 0 amide bonds. The van der Waals surface area contributed by atoms with Crippen molar-refractivity contribution in [2.75, 3.05) is 32.4 Å². The topological polar surface area (TPSA) is 91.6 Å². The van der Waals surface area contributed by atoms with Gasteiger partial charge in [0.05, 0.1) is 12.3 Å². The van der Waals surface area contributed by atoms with Gasteiger partial charge in [-0.05, 0) is 23.6 Å². The zero-order chi connectivity index (χ0) is 19.1. The first kappa shape index (κ1) is 22.6. The van der Waals surface area contributed by atoms with Crippen molar-refractivity contribution in [1.82, 2.24) is 24.7 Å². The van der Waals surface area contributed by atoms with E-state index in [0.717, 1.165) is 5.56 Å². The summed E-state index contributed by atoms with van der Waals surface area (Å²) >= 11 is 0. The largest absolute Gasteiger partial charge is 0.355 e. The zero-order valence-electron chi connectivity index (χ0n) is 15.9. The molecule has 10 heteroatoms. The molecular weight excluding hydrogens is 491 g/mol. The fourth-order valence-electron chi connectivity index (χ4n) is 3.09. The van der Waals surface area contributed by atoms with Crippen LogP contribution in [0.3, 0.4) is 0 Å². The van der Waals surface area contributed by atoms with Crippen LogP contribution in [-0.4, -0.2) is 60.9 Å². The predicted octanol–water partition coefficient (Wildman–Crippen LogP) is 1.25. The van der Waals surface area contributed by atoms with Crippen molar-refractivity contribution in [3.8, 4) is 0 Å². The number of sulfonamides is 1. The highest BCUT2D eigenvalue weighted by atomic mass is 127. The zero-order valence-corrected chi connectivity index (χ0v) is 19.1. The van der Waals surface area contributed by atoms with Crippen LogP contribution in [-0.2, 0) is 23.1 Å². The summed E-state index contributed by atoms with van der Waals surface area (Å²) in [7, 11) is -1.35. The highest BCUT2D eigenvalue weighted by molar-refractivity contribution is 14.0. The van der Waals surface area contributed by atoms with Gasteiger partial charge in [-0.15, -0.1) is 24.0 Å². The van der Waals surface area contributed by atoms with E-state index < -0.39 is 10.0 Å². The molecule has 0 aliphatic carbocycles. The van der Waals surface area contributed by atoms with E-state index in [4.69, 9.17) is 0 Å².